The second-order valence-electron chi connectivity index (χ2n) is 10.4. The molecule has 4 heterocycles. The van der Waals surface area contributed by atoms with Gasteiger partial charge in [0, 0.05) is 29.5 Å². The van der Waals surface area contributed by atoms with Gasteiger partial charge in [-0.1, -0.05) is 0 Å². The zero-order valence-electron chi connectivity index (χ0n) is 21.6. The molecular weight excluding hydrogens is 472 g/mol. The van der Waals surface area contributed by atoms with Crippen LogP contribution in [0.2, 0.25) is 0 Å². The minimum Gasteiger partial charge on any atom is -0.494 e. The van der Waals surface area contributed by atoms with Crippen LogP contribution in [0.3, 0.4) is 0 Å². The van der Waals surface area contributed by atoms with Crippen molar-refractivity contribution < 1.29 is 23.8 Å². The van der Waals surface area contributed by atoms with Gasteiger partial charge in [0.05, 0.1) is 31.8 Å². The minimum absolute atomic E-state index is 0.0958. The highest BCUT2D eigenvalue weighted by Gasteiger charge is 2.35. The summed E-state index contributed by atoms with van der Waals surface area (Å²) in [6.45, 7) is 7.03. The fourth-order valence-corrected chi connectivity index (χ4v) is 5.19. The molecule has 6 bridgehead atoms. The standard InChI is InChI=1S/C28H34N4O5/c1-4-35-23-9-7-17-12-18(23)16-32-25(33)13-19(30-27(32)29)6-5-11-36-20-8-10-24-21(14-20)22(31-26(17)34)15-28(2,3)37-24/h7-10,12,14,19,22H,4-6,11,13,15-16H2,1-3H3,(H2,29,30)(H,31,34). The van der Waals surface area contributed by atoms with Crippen LogP contribution in [-0.4, -0.2) is 47.5 Å². The maximum absolute atomic E-state index is 13.5. The molecule has 0 saturated heterocycles. The Bertz CT molecular complexity index is 1240. The lowest BCUT2D eigenvalue weighted by Gasteiger charge is -2.38. The molecule has 0 radical (unpaired) electrons. The summed E-state index contributed by atoms with van der Waals surface area (Å²) in [5, 5.41) is 3.19. The largest absolute Gasteiger partial charge is 0.494 e. The topological polar surface area (TPSA) is 115 Å². The molecule has 0 aliphatic carbocycles. The summed E-state index contributed by atoms with van der Waals surface area (Å²) in [6, 6.07) is 10.6. The molecule has 2 atom stereocenters. The Morgan fingerprint density at radius 2 is 2.05 bits per heavy atom. The Labute approximate surface area is 217 Å². The first-order chi connectivity index (χ1) is 17.7. The summed E-state index contributed by atoms with van der Waals surface area (Å²) in [4.78, 5) is 32.5. The molecule has 2 amide bonds. The normalized spacial score (nSPS) is 23.1. The van der Waals surface area contributed by atoms with Crippen LogP contribution >= 0.6 is 0 Å². The quantitative estimate of drug-likeness (QED) is 0.642. The van der Waals surface area contributed by atoms with Gasteiger partial charge in [-0.25, -0.2) is 4.99 Å². The van der Waals surface area contributed by atoms with Gasteiger partial charge in [0.25, 0.3) is 5.91 Å². The van der Waals surface area contributed by atoms with E-state index in [-0.39, 0.29) is 42.8 Å². The van der Waals surface area contributed by atoms with Crippen LogP contribution in [0, 0.1) is 0 Å². The van der Waals surface area contributed by atoms with Gasteiger partial charge in [-0.2, -0.15) is 0 Å². The molecule has 9 nitrogen and oxygen atoms in total. The summed E-state index contributed by atoms with van der Waals surface area (Å²) >= 11 is 0. The first kappa shape index (κ1) is 24.9. The third-order valence-corrected chi connectivity index (χ3v) is 6.95. The highest BCUT2D eigenvalue weighted by molar-refractivity contribution is 5.99. The summed E-state index contributed by atoms with van der Waals surface area (Å²) in [5.41, 5.74) is 7.85. The number of hydrogen-bond donors (Lipinski definition) is 2. The predicted molar refractivity (Wildman–Crippen MR) is 139 cm³/mol. The molecule has 6 rings (SSSR count). The van der Waals surface area contributed by atoms with Crippen molar-refractivity contribution in [1.82, 2.24) is 10.2 Å². The van der Waals surface area contributed by atoms with E-state index in [2.05, 4.69) is 10.3 Å². The molecule has 2 aromatic carbocycles. The number of amides is 2. The average molecular weight is 507 g/mol. The van der Waals surface area contributed by atoms with Crippen molar-refractivity contribution in [3.63, 3.8) is 0 Å². The van der Waals surface area contributed by atoms with Crippen molar-refractivity contribution in [3.05, 3.63) is 53.1 Å². The van der Waals surface area contributed by atoms with E-state index in [1.165, 1.54) is 4.90 Å². The van der Waals surface area contributed by atoms with Gasteiger partial charge >= 0.3 is 0 Å². The van der Waals surface area contributed by atoms with E-state index >= 15 is 0 Å². The fourth-order valence-electron chi connectivity index (χ4n) is 5.19. The van der Waals surface area contributed by atoms with Gasteiger partial charge in [-0.3, -0.25) is 14.5 Å². The van der Waals surface area contributed by atoms with Gasteiger partial charge in [0.15, 0.2) is 5.96 Å². The van der Waals surface area contributed by atoms with Gasteiger partial charge in [-0.05, 0) is 70.0 Å². The van der Waals surface area contributed by atoms with Gasteiger partial charge < -0.3 is 25.3 Å². The number of guanidine groups is 1. The number of ether oxygens (including phenoxy) is 3. The summed E-state index contributed by atoms with van der Waals surface area (Å²) in [6.07, 6.45) is 2.31. The number of hydrogen-bond acceptors (Lipinski definition) is 7. The van der Waals surface area contributed by atoms with Crippen molar-refractivity contribution in [3.8, 4) is 17.2 Å². The average Bonchev–Trinajstić information content (AvgIpc) is 2.84. The zero-order chi connectivity index (χ0) is 26.2. The fraction of sp³-hybridized carbons (Fsp3) is 0.464. The number of nitrogens with one attached hydrogen (secondary N) is 1. The molecule has 4 aliphatic heterocycles. The third-order valence-electron chi connectivity index (χ3n) is 6.95. The minimum atomic E-state index is -0.446. The summed E-state index contributed by atoms with van der Waals surface area (Å²) in [7, 11) is 0. The molecule has 0 saturated carbocycles. The predicted octanol–water partition coefficient (Wildman–Crippen LogP) is 3.71. The van der Waals surface area contributed by atoms with Crippen LogP contribution in [0.4, 0.5) is 0 Å². The number of aliphatic imine (C=N–C) groups is 1. The van der Waals surface area contributed by atoms with Crippen LogP contribution in [0.25, 0.3) is 0 Å². The van der Waals surface area contributed by atoms with Gasteiger partial charge in [0.2, 0.25) is 5.91 Å². The highest BCUT2D eigenvalue weighted by Crippen LogP contribution is 2.41. The molecule has 0 spiro atoms. The van der Waals surface area contributed by atoms with Crippen LogP contribution < -0.4 is 25.3 Å². The molecule has 3 N–H and O–H groups in total. The van der Waals surface area contributed by atoms with E-state index < -0.39 is 5.60 Å². The molecule has 0 fully saturated rings. The maximum atomic E-state index is 13.5. The highest BCUT2D eigenvalue weighted by atomic mass is 16.5. The SMILES string of the molecule is CCOc1ccc2cc1CN1C(=O)CC(CCCOc3ccc4c(c3)C(CC(C)(C)O4)NC2=O)N=C1N. The van der Waals surface area contributed by atoms with E-state index in [0.29, 0.717) is 48.7 Å². The molecule has 9 heteroatoms. The molecule has 4 aliphatic rings. The lowest BCUT2D eigenvalue weighted by molar-refractivity contribution is -0.129. The van der Waals surface area contributed by atoms with E-state index in [1.54, 1.807) is 18.2 Å². The first-order valence-electron chi connectivity index (χ1n) is 12.9. The van der Waals surface area contributed by atoms with Crippen LogP contribution in [-0.2, 0) is 11.3 Å². The lowest BCUT2D eigenvalue weighted by Crippen LogP contribution is -2.46. The third kappa shape index (κ3) is 5.35. The summed E-state index contributed by atoms with van der Waals surface area (Å²) in [5.74, 6) is 1.92. The second-order valence-corrected chi connectivity index (χ2v) is 10.4. The molecular formula is C28H34N4O5. The maximum Gasteiger partial charge on any atom is 0.251 e. The Hall–Kier alpha value is -3.75. The number of benzene rings is 2. The molecule has 0 aromatic heterocycles. The summed E-state index contributed by atoms with van der Waals surface area (Å²) < 4.78 is 18.0. The van der Waals surface area contributed by atoms with E-state index in [1.807, 2.05) is 39.0 Å². The van der Waals surface area contributed by atoms with Gasteiger partial charge in [0.1, 0.15) is 22.8 Å². The monoisotopic (exact) mass is 506 g/mol. The van der Waals surface area contributed by atoms with Crippen molar-refractivity contribution in [1.29, 1.82) is 0 Å². The lowest BCUT2D eigenvalue weighted by atomic mass is 9.89. The van der Waals surface area contributed by atoms with E-state index in [0.717, 1.165) is 17.7 Å². The Kier molecular flexibility index (Phi) is 6.70. The van der Waals surface area contributed by atoms with Crippen LogP contribution in [0.15, 0.2) is 41.4 Å². The Morgan fingerprint density at radius 3 is 2.84 bits per heavy atom. The Morgan fingerprint density at radius 1 is 1.22 bits per heavy atom. The number of nitrogens with zero attached hydrogens (tertiary/aromatic N) is 2. The number of rotatable bonds is 2. The Balaban J connectivity index is 1.54. The molecule has 37 heavy (non-hydrogen) atoms. The second kappa shape index (κ2) is 9.95. The number of nitrogens with two attached hydrogens (primary N) is 1. The van der Waals surface area contributed by atoms with Crippen molar-refractivity contribution in [2.24, 2.45) is 10.7 Å². The van der Waals surface area contributed by atoms with Crippen LogP contribution in [0.1, 0.15) is 74.0 Å². The smallest absolute Gasteiger partial charge is 0.251 e. The van der Waals surface area contributed by atoms with E-state index in [4.69, 9.17) is 19.9 Å². The number of fused-ring (bicyclic) bond motifs is 5. The first-order valence-corrected chi connectivity index (χ1v) is 12.9. The molecule has 2 aromatic rings. The van der Waals surface area contributed by atoms with E-state index in [9.17, 15) is 9.59 Å². The number of carbonyl (C=O) groups excluding carboxylic acids is 2. The van der Waals surface area contributed by atoms with Crippen molar-refractivity contribution >= 4 is 17.8 Å². The van der Waals surface area contributed by atoms with Crippen molar-refractivity contribution in [2.75, 3.05) is 13.2 Å². The zero-order valence-corrected chi connectivity index (χ0v) is 21.6. The molecule has 2 unspecified atom stereocenters. The number of carbonyl (C=O) groups is 2. The van der Waals surface area contributed by atoms with Gasteiger partial charge in [-0.15, -0.1) is 0 Å². The van der Waals surface area contributed by atoms with Crippen LogP contribution in [0.5, 0.6) is 17.2 Å². The van der Waals surface area contributed by atoms with Crippen molar-refractivity contribution in [2.45, 2.75) is 70.7 Å². The molecule has 196 valence electrons.